The van der Waals surface area contributed by atoms with Crippen LogP contribution in [0.4, 0.5) is 11.6 Å². The van der Waals surface area contributed by atoms with E-state index in [0.29, 0.717) is 5.95 Å². The van der Waals surface area contributed by atoms with E-state index >= 15 is 0 Å². The summed E-state index contributed by atoms with van der Waals surface area (Å²) in [5.74, 6) is 1.15. The van der Waals surface area contributed by atoms with Crippen LogP contribution in [-0.4, -0.2) is 33.6 Å². The van der Waals surface area contributed by atoms with Crippen LogP contribution in [0.5, 0.6) is 5.75 Å². The van der Waals surface area contributed by atoms with Gasteiger partial charge in [-0.25, -0.2) is 0 Å². The average molecular weight is 344 g/mol. The Kier molecular flexibility index (Phi) is 4.26. The quantitative estimate of drug-likeness (QED) is 0.561. The van der Waals surface area contributed by atoms with Gasteiger partial charge >= 0.3 is 0 Å². The number of hydrogen-bond donors (Lipinski definition) is 1. The minimum Gasteiger partial charge on any atom is -0.496 e. The number of para-hydroxylation sites is 1. The third kappa shape index (κ3) is 3.10. The van der Waals surface area contributed by atoms with Crippen LogP contribution in [-0.2, 0) is 0 Å². The van der Waals surface area contributed by atoms with Gasteiger partial charge in [0.05, 0.1) is 13.3 Å². The molecule has 0 aliphatic rings. The number of ether oxygens (including phenoxy) is 1. The van der Waals surface area contributed by atoms with Gasteiger partial charge in [0.15, 0.2) is 0 Å². The molecule has 0 spiro atoms. The van der Waals surface area contributed by atoms with Crippen LogP contribution >= 0.6 is 0 Å². The number of hydrogen-bond acceptors (Lipinski definition) is 6. The largest absolute Gasteiger partial charge is 0.496 e. The fourth-order valence-corrected chi connectivity index (χ4v) is 2.68. The van der Waals surface area contributed by atoms with Crippen molar-refractivity contribution in [2.24, 2.45) is 5.10 Å². The van der Waals surface area contributed by atoms with E-state index in [1.165, 1.54) is 4.79 Å². The zero-order valence-electron chi connectivity index (χ0n) is 14.1. The Labute approximate surface area is 149 Å². The van der Waals surface area contributed by atoms with Crippen LogP contribution in [0.3, 0.4) is 0 Å². The SMILES string of the molecule is COc1ccccc1/C=N\n1nnnc1Nc1cccc2ccccc12. The van der Waals surface area contributed by atoms with Gasteiger partial charge < -0.3 is 10.1 Å². The third-order valence-corrected chi connectivity index (χ3v) is 3.93. The number of rotatable bonds is 5. The summed E-state index contributed by atoms with van der Waals surface area (Å²) in [5.41, 5.74) is 1.74. The highest BCUT2D eigenvalue weighted by Crippen LogP contribution is 2.25. The molecule has 0 aliphatic carbocycles. The van der Waals surface area contributed by atoms with E-state index in [1.807, 2.05) is 54.6 Å². The van der Waals surface area contributed by atoms with Gasteiger partial charge in [0.1, 0.15) is 5.75 Å². The smallest absolute Gasteiger partial charge is 0.269 e. The molecule has 0 saturated carbocycles. The summed E-state index contributed by atoms with van der Waals surface area (Å²) < 4.78 is 5.32. The molecule has 0 fully saturated rings. The second-order valence-electron chi connectivity index (χ2n) is 5.53. The fourth-order valence-electron chi connectivity index (χ4n) is 2.68. The van der Waals surface area contributed by atoms with Crippen molar-refractivity contribution < 1.29 is 4.74 Å². The summed E-state index contributed by atoms with van der Waals surface area (Å²) in [6.07, 6.45) is 1.66. The third-order valence-electron chi connectivity index (χ3n) is 3.93. The lowest BCUT2D eigenvalue weighted by atomic mass is 10.1. The Morgan fingerprint density at radius 3 is 2.73 bits per heavy atom. The number of aromatic nitrogens is 4. The van der Waals surface area contributed by atoms with Gasteiger partial charge in [-0.15, -0.1) is 0 Å². The molecule has 7 heteroatoms. The number of fused-ring (bicyclic) bond motifs is 1. The molecule has 7 nitrogen and oxygen atoms in total. The van der Waals surface area contributed by atoms with Crippen molar-refractivity contribution in [1.82, 2.24) is 20.3 Å². The van der Waals surface area contributed by atoms with E-state index in [1.54, 1.807) is 13.3 Å². The van der Waals surface area contributed by atoms with Gasteiger partial charge in [-0.1, -0.05) is 58.4 Å². The Bertz CT molecular complexity index is 1070. The van der Waals surface area contributed by atoms with Gasteiger partial charge in [-0.2, -0.15) is 5.10 Å². The molecule has 4 rings (SSSR count). The van der Waals surface area contributed by atoms with Crippen molar-refractivity contribution in [3.8, 4) is 5.75 Å². The number of nitrogens with one attached hydrogen (secondary N) is 1. The maximum Gasteiger partial charge on any atom is 0.269 e. The Hall–Kier alpha value is -3.74. The summed E-state index contributed by atoms with van der Waals surface area (Å²) in [5, 5.41) is 21.4. The van der Waals surface area contributed by atoms with Gasteiger partial charge in [0.2, 0.25) is 0 Å². The van der Waals surface area contributed by atoms with Crippen molar-refractivity contribution in [1.29, 1.82) is 0 Å². The maximum atomic E-state index is 5.32. The van der Waals surface area contributed by atoms with Crippen LogP contribution in [0, 0.1) is 0 Å². The molecule has 1 aromatic heterocycles. The predicted octanol–water partition coefficient (Wildman–Crippen LogP) is 3.46. The maximum absolute atomic E-state index is 5.32. The lowest BCUT2D eigenvalue weighted by molar-refractivity contribution is 0.414. The summed E-state index contributed by atoms with van der Waals surface area (Å²) in [6.45, 7) is 0. The highest BCUT2D eigenvalue weighted by Gasteiger charge is 2.08. The van der Waals surface area contributed by atoms with Gasteiger partial charge in [0.25, 0.3) is 5.95 Å². The number of methoxy groups -OCH3 is 1. The zero-order chi connectivity index (χ0) is 17.8. The Morgan fingerprint density at radius 1 is 1.00 bits per heavy atom. The topological polar surface area (TPSA) is 77.2 Å². The molecule has 26 heavy (non-hydrogen) atoms. The standard InChI is InChI=1S/C19H16N6O/c1-26-18-12-5-3-8-15(18)13-20-25-19(22-23-24-25)21-17-11-6-9-14-7-2-4-10-16(14)17/h2-13H,1H3,(H,21,22,24)/b20-13-. The fraction of sp³-hybridized carbons (Fsp3) is 0.0526. The van der Waals surface area contributed by atoms with E-state index in [-0.39, 0.29) is 0 Å². The van der Waals surface area contributed by atoms with E-state index in [0.717, 1.165) is 27.8 Å². The molecule has 128 valence electrons. The summed E-state index contributed by atoms with van der Waals surface area (Å²) in [4.78, 5) is 1.34. The lowest BCUT2D eigenvalue weighted by Gasteiger charge is -2.07. The Morgan fingerprint density at radius 2 is 1.81 bits per heavy atom. The molecule has 0 bridgehead atoms. The average Bonchev–Trinajstić information content (AvgIpc) is 3.14. The van der Waals surface area contributed by atoms with E-state index in [9.17, 15) is 0 Å². The van der Waals surface area contributed by atoms with Gasteiger partial charge in [0, 0.05) is 16.6 Å². The number of benzene rings is 3. The molecule has 0 amide bonds. The van der Waals surface area contributed by atoms with Gasteiger partial charge in [-0.3, -0.25) is 0 Å². The minimum atomic E-state index is 0.424. The predicted molar refractivity (Wildman–Crippen MR) is 101 cm³/mol. The monoisotopic (exact) mass is 344 g/mol. The second kappa shape index (κ2) is 7.02. The molecular weight excluding hydrogens is 328 g/mol. The molecule has 0 radical (unpaired) electrons. The van der Waals surface area contributed by atoms with Crippen LogP contribution in [0.25, 0.3) is 10.8 Å². The molecule has 1 N–H and O–H groups in total. The van der Waals surface area contributed by atoms with E-state index in [2.05, 4.69) is 38.1 Å². The van der Waals surface area contributed by atoms with Crippen LogP contribution in [0.15, 0.2) is 71.8 Å². The van der Waals surface area contributed by atoms with Crippen molar-refractivity contribution in [3.05, 3.63) is 72.3 Å². The second-order valence-corrected chi connectivity index (χ2v) is 5.53. The van der Waals surface area contributed by atoms with Crippen LogP contribution < -0.4 is 10.1 Å². The minimum absolute atomic E-state index is 0.424. The van der Waals surface area contributed by atoms with Crippen molar-refractivity contribution >= 4 is 28.6 Å². The molecule has 0 aliphatic heterocycles. The first-order valence-electron chi connectivity index (χ1n) is 8.06. The summed E-state index contributed by atoms with van der Waals surface area (Å²) in [6, 6.07) is 21.7. The summed E-state index contributed by atoms with van der Waals surface area (Å²) >= 11 is 0. The highest BCUT2D eigenvalue weighted by molar-refractivity contribution is 5.94. The number of tetrazole rings is 1. The van der Waals surface area contributed by atoms with Gasteiger partial charge in [-0.05, 0) is 34.0 Å². The van der Waals surface area contributed by atoms with E-state index in [4.69, 9.17) is 4.74 Å². The van der Waals surface area contributed by atoms with Crippen molar-refractivity contribution in [3.63, 3.8) is 0 Å². The molecule has 0 saturated heterocycles. The van der Waals surface area contributed by atoms with Crippen LogP contribution in [0.2, 0.25) is 0 Å². The molecular formula is C19H16N6O. The molecule has 4 aromatic rings. The zero-order valence-corrected chi connectivity index (χ0v) is 14.1. The number of anilines is 2. The van der Waals surface area contributed by atoms with Crippen molar-refractivity contribution in [2.75, 3.05) is 12.4 Å². The first-order valence-corrected chi connectivity index (χ1v) is 8.06. The van der Waals surface area contributed by atoms with Crippen molar-refractivity contribution in [2.45, 2.75) is 0 Å². The Balaban J connectivity index is 1.64. The summed E-state index contributed by atoms with van der Waals surface area (Å²) in [7, 11) is 1.62. The first-order chi connectivity index (χ1) is 12.8. The molecule has 3 aromatic carbocycles. The molecule has 1 heterocycles. The molecule has 0 atom stereocenters. The van der Waals surface area contributed by atoms with Crippen LogP contribution in [0.1, 0.15) is 5.56 Å². The highest BCUT2D eigenvalue weighted by atomic mass is 16.5. The normalized spacial score (nSPS) is 11.1. The van der Waals surface area contributed by atoms with E-state index < -0.39 is 0 Å². The lowest BCUT2D eigenvalue weighted by Crippen LogP contribution is -2.02. The first kappa shape index (κ1) is 15.8. The number of nitrogens with zero attached hydrogens (tertiary/aromatic N) is 5. The molecule has 0 unspecified atom stereocenters.